The number of amides is 1. The zero-order valence-electron chi connectivity index (χ0n) is 12.8. The fourth-order valence-corrected chi connectivity index (χ4v) is 1.63. The molecular weight excluding hydrogens is 254 g/mol. The summed E-state index contributed by atoms with van der Waals surface area (Å²) < 4.78 is 0. The average Bonchev–Trinajstić information content (AvgIpc) is 2.38. The number of aryl methyl sites for hydroxylation is 1. The Labute approximate surface area is 120 Å². The van der Waals surface area contributed by atoms with E-state index in [1.807, 2.05) is 20.8 Å². The quantitative estimate of drug-likeness (QED) is 0.677. The number of nitrogens with zero attached hydrogens (tertiary/aromatic N) is 2. The van der Waals surface area contributed by atoms with Crippen molar-refractivity contribution in [3.63, 3.8) is 0 Å². The molecule has 0 radical (unpaired) electrons. The van der Waals surface area contributed by atoms with Crippen molar-refractivity contribution in [1.82, 2.24) is 15.3 Å². The van der Waals surface area contributed by atoms with Crippen LogP contribution in [0.4, 0.5) is 11.8 Å². The lowest BCUT2D eigenvalue weighted by Gasteiger charge is -2.11. The first-order valence-corrected chi connectivity index (χ1v) is 7.13. The van der Waals surface area contributed by atoms with E-state index in [1.54, 1.807) is 6.20 Å². The van der Waals surface area contributed by atoms with Gasteiger partial charge in [0.1, 0.15) is 5.82 Å². The molecule has 0 fully saturated rings. The highest BCUT2D eigenvalue weighted by Crippen LogP contribution is 2.12. The number of hydrogen-bond donors (Lipinski definition) is 3. The summed E-state index contributed by atoms with van der Waals surface area (Å²) in [6.45, 7) is 9.34. The molecular formula is C14H25N5O. The second kappa shape index (κ2) is 8.35. The zero-order valence-corrected chi connectivity index (χ0v) is 12.8. The van der Waals surface area contributed by atoms with Crippen molar-refractivity contribution in [2.45, 2.75) is 46.6 Å². The molecule has 0 saturated heterocycles. The third-order valence-corrected chi connectivity index (χ3v) is 2.60. The van der Waals surface area contributed by atoms with Gasteiger partial charge in [0.15, 0.2) is 0 Å². The molecule has 0 saturated carbocycles. The van der Waals surface area contributed by atoms with Crippen LogP contribution in [0.1, 0.15) is 39.2 Å². The first-order valence-electron chi connectivity index (χ1n) is 7.13. The van der Waals surface area contributed by atoms with Gasteiger partial charge in [-0.05, 0) is 27.2 Å². The number of carbonyl (C=O) groups excluding carboxylic acids is 1. The molecule has 0 aliphatic carbocycles. The summed E-state index contributed by atoms with van der Waals surface area (Å²) in [6.07, 6.45) is 3.23. The first kappa shape index (κ1) is 16.2. The molecule has 3 N–H and O–H groups in total. The van der Waals surface area contributed by atoms with Gasteiger partial charge in [0.2, 0.25) is 11.9 Å². The topological polar surface area (TPSA) is 78.9 Å². The van der Waals surface area contributed by atoms with Crippen molar-refractivity contribution in [1.29, 1.82) is 0 Å². The second-order valence-corrected chi connectivity index (χ2v) is 5.05. The molecule has 6 heteroatoms. The number of hydrogen-bond acceptors (Lipinski definition) is 5. The van der Waals surface area contributed by atoms with E-state index in [0.717, 1.165) is 24.3 Å². The van der Waals surface area contributed by atoms with Crippen molar-refractivity contribution >= 4 is 17.7 Å². The molecule has 1 aromatic rings. The number of nitrogens with one attached hydrogen (secondary N) is 3. The molecule has 1 heterocycles. The van der Waals surface area contributed by atoms with E-state index in [0.29, 0.717) is 18.9 Å². The lowest BCUT2D eigenvalue weighted by atomic mass is 10.3. The maximum atomic E-state index is 11.5. The lowest BCUT2D eigenvalue weighted by molar-refractivity contribution is -0.121. The van der Waals surface area contributed by atoms with Crippen LogP contribution in [0, 0.1) is 6.92 Å². The maximum Gasteiger partial charge on any atom is 0.224 e. The minimum Gasteiger partial charge on any atom is -0.369 e. The van der Waals surface area contributed by atoms with Crippen molar-refractivity contribution in [2.24, 2.45) is 0 Å². The highest BCUT2D eigenvalue weighted by Gasteiger charge is 2.06. The van der Waals surface area contributed by atoms with Crippen molar-refractivity contribution in [2.75, 3.05) is 23.7 Å². The van der Waals surface area contributed by atoms with E-state index in [2.05, 4.69) is 32.8 Å². The fourth-order valence-electron chi connectivity index (χ4n) is 1.63. The largest absolute Gasteiger partial charge is 0.369 e. The zero-order chi connectivity index (χ0) is 15.0. The number of rotatable bonds is 8. The molecule has 0 aromatic carbocycles. The molecule has 0 unspecified atom stereocenters. The third kappa shape index (κ3) is 5.86. The molecule has 1 aromatic heterocycles. The van der Waals surface area contributed by atoms with Crippen LogP contribution in [-0.2, 0) is 4.79 Å². The number of carbonyl (C=O) groups is 1. The smallest absolute Gasteiger partial charge is 0.224 e. The van der Waals surface area contributed by atoms with Crippen LogP contribution in [-0.4, -0.2) is 35.0 Å². The standard InChI is InChI=1S/C14H25N5O/c1-5-7-16-14-17-9-11(4)13(19-14)15-8-6-12(20)18-10(2)3/h9-10H,5-8H2,1-4H3,(H,18,20)(H2,15,16,17,19). The van der Waals surface area contributed by atoms with E-state index in [1.165, 1.54) is 0 Å². The van der Waals surface area contributed by atoms with Gasteiger partial charge in [-0.1, -0.05) is 6.92 Å². The summed E-state index contributed by atoms with van der Waals surface area (Å²) in [5.41, 5.74) is 0.969. The molecule has 6 nitrogen and oxygen atoms in total. The van der Waals surface area contributed by atoms with E-state index >= 15 is 0 Å². The van der Waals surface area contributed by atoms with Crippen molar-refractivity contribution in [3.8, 4) is 0 Å². The van der Waals surface area contributed by atoms with Crippen LogP contribution < -0.4 is 16.0 Å². The molecule has 0 aliphatic heterocycles. The molecule has 0 atom stereocenters. The van der Waals surface area contributed by atoms with Gasteiger partial charge in [-0.25, -0.2) is 4.98 Å². The Morgan fingerprint density at radius 3 is 2.70 bits per heavy atom. The molecule has 1 rings (SSSR count). The van der Waals surface area contributed by atoms with E-state index in [-0.39, 0.29) is 11.9 Å². The van der Waals surface area contributed by atoms with Crippen LogP contribution >= 0.6 is 0 Å². The third-order valence-electron chi connectivity index (χ3n) is 2.60. The molecule has 112 valence electrons. The van der Waals surface area contributed by atoms with Crippen LogP contribution in [0.3, 0.4) is 0 Å². The SMILES string of the molecule is CCCNc1ncc(C)c(NCCC(=O)NC(C)C)n1. The summed E-state index contributed by atoms with van der Waals surface area (Å²) in [4.78, 5) is 20.2. The van der Waals surface area contributed by atoms with Gasteiger partial charge in [-0.15, -0.1) is 0 Å². The highest BCUT2D eigenvalue weighted by molar-refractivity contribution is 5.76. The molecule has 1 amide bonds. The minimum absolute atomic E-state index is 0.0449. The Balaban J connectivity index is 2.48. The summed E-state index contributed by atoms with van der Waals surface area (Å²) in [7, 11) is 0. The van der Waals surface area contributed by atoms with Crippen molar-refractivity contribution in [3.05, 3.63) is 11.8 Å². The van der Waals surface area contributed by atoms with Crippen LogP contribution in [0.5, 0.6) is 0 Å². The van der Waals surface area contributed by atoms with Gasteiger partial charge >= 0.3 is 0 Å². The van der Waals surface area contributed by atoms with Crippen LogP contribution in [0.25, 0.3) is 0 Å². The molecule has 20 heavy (non-hydrogen) atoms. The second-order valence-electron chi connectivity index (χ2n) is 5.05. The Kier molecular flexibility index (Phi) is 6.76. The maximum absolute atomic E-state index is 11.5. The van der Waals surface area contributed by atoms with E-state index < -0.39 is 0 Å². The first-order chi connectivity index (χ1) is 9.52. The summed E-state index contributed by atoms with van der Waals surface area (Å²) >= 11 is 0. The van der Waals surface area contributed by atoms with Gasteiger partial charge in [-0.2, -0.15) is 4.98 Å². The Bertz CT molecular complexity index is 434. The van der Waals surface area contributed by atoms with Gasteiger partial charge < -0.3 is 16.0 Å². The molecule has 0 bridgehead atoms. The summed E-state index contributed by atoms with van der Waals surface area (Å²) in [5, 5.41) is 9.19. The van der Waals surface area contributed by atoms with Crippen LogP contribution in [0.2, 0.25) is 0 Å². The van der Waals surface area contributed by atoms with E-state index in [9.17, 15) is 4.79 Å². The number of aromatic nitrogens is 2. The predicted molar refractivity (Wildman–Crippen MR) is 81.9 cm³/mol. The predicted octanol–water partition coefficient (Wildman–Crippen LogP) is 1.93. The normalized spacial score (nSPS) is 10.4. The van der Waals surface area contributed by atoms with Crippen LogP contribution in [0.15, 0.2) is 6.20 Å². The fraction of sp³-hybridized carbons (Fsp3) is 0.643. The number of anilines is 2. The highest BCUT2D eigenvalue weighted by atomic mass is 16.1. The summed E-state index contributed by atoms with van der Waals surface area (Å²) in [6, 6.07) is 0.174. The van der Waals surface area contributed by atoms with Crippen molar-refractivity contribution < 1.29 is 4.79 Å². The Hall–Kier alpha value is -1.85. The summed E-state index contributed by atoms with van der Waals surface area (Å²) in [5.74, 6) is 1.44. The Morgan fingerprint density at radius 2 is 2.05 bits per heavy atom. The Morgan fingerprint density at radius 1 is 1.30 bits per heavy atom. The van der Waals surface area contributed by atoms with Gasteiger partial charge in [-0.3, -0.25) is 4.79 Å². The van der Waals surface area contributed by atoms with Gasteiger partial charge in [0.25, 0.3) is 0 Å². The molecule has 0 spiro atoms. The average molecular weight is 279 g/mol. The minimum atomic E-state index is 0.0449. The monoisotopic (exact) mass is 279 g/mol. The lowest BCUT2D eigenvalue weighted by Crippen LogP contribution is -2.31. The molecule has 0 aliphatic rings. The van der Waals surface area contributed by atoms with E-state index in [4.69, 9.17) is 0 Å². The van der Waals surface area contributed by atoms with Gasteiger partial charge in [0, 0.05) is 37.3 Å². The van der Waals surface area contributed by atoms with Gasteiger partial charge in [0.05, 0.1) is 0 Å².